The van der Waals surface area contributed by atoms with Crippen LogP contribution in [0, 0.1) is 18.7 Å². The molecule has 2 aliphatic heterocycles. The van der Waals surface area contributed by atoms with E-state index in [0.717, 1.165) is 29.8 Å². The highest BCUT2D eigenvalue weighted by molar-refractivity contribution is 7.89. The number of benzene rings is 2. The first-order valence-corrected chi connectivity index (χ1v) is 12.2. The van der Waals surface area contributed by atoms with Gasteiger partial charge in [0.05, 0.1) is 10.8 Å². The minimum absolute atomic E-state index is 0.0163. The fourth-order valence-electron chi connectivity index (χ4n) is 4.31. The standard InChI is InChI=1S/C23H26FN3O4S/c1-16-14-19(8-11-21(16)27-13-3-5-22(27)28)25-23(29)17-4-2-12-26(15-17)32(30,31)20-9-6-18(24)7-10-20/h6-11,14,17H,2-5,12-13,15H2,1H3,(H,25,29). The molecule has 0 radical (unpaired) electrons. The van der Waals surface area contributed by atoms with E-state index in [9.17, 15) is 22.4 Å². The van der Waals surface area contributed by atoms with E-state index >= 15 is 0 Å². The molecule has 2 amide bonds. The lowest BCUT2D eigenvalue weighted by atomic mass is 9.98. The molecule has 0 aromatic heterocycles. The molecule has 0 spiro atoms. The summed E-state index contributed by atoms with van der Waals surface area (Å²) in [7, 11) is -3.80. The van der Waals surface area contributed by atoms with Crippen LogP contribution in [0.4, 0.5) is 15.8 Å². The number of aryl methyl sites for hydroxylation is 1. The Hall–Kier alpha value is -2.78. The third-order valence-corrected chi connectivity index (χ3v) is 7.91. The number of sulfonamides is 1. The minimum atomic E-state index is -3.80. The number of nitrogens with zero attached hydrogens (tertiary/aromatic N) is 2. The van der Waals surface area contributed by atoms with Crippen LogP contribution in [-0.2, 0) is 19.6 Å². The van der Waals surface area contributed by atoms with Crippen LogP contribution < -0.4 is 10.2 Å². The largest absolute Gasteiger partial charge is 0.326 e. The number of amides is 2. The van der Waals surface area contributed by atoms with Crippen LogP contribution in [0.2, 0.25) is 0 Å². The van der Waals surface area contributed by atoms with E-state index in [2.05, 4.69) is 5.32 Å². The number of carbonyl (C=O) groups is 2. The van der Waals surface area contributed by atoms with Crippen molar-refractivity contribution < 1.29 is 22.4 Å². The van der Waals surface area contributed by atoms with Gasteiger partial charge in [-0.05, 0) is 74.2 Å². The highest BCUT2D eigenvalue weighted by atomic mass is 32.2. The highest BCUT2D eigenvalue weighted by Crippen LogP contribution is 2.29. The van der Waals surface area contributed by atoms with Crippen molar-refractivity contribution in [2.45, 2.75) is 37.5 Å². The molecule has 1 unspecified atom stereocenters. The molecule has 7 nitrogen and oxygen atoms in total. The molecule has 2 fully saturated rings. The number of carbonyl (C=O) groups excluding carboxylic acids is 2. The van der Waals surface area contributed by atoms with Gasteiger partial charge in [-0.2, -0.15) is 4.31 Å². The second kappa shape index (κ2) is 8.99. The number of piperidine rings is 1. The number of nitrogens with one attached hydrogen (secondary N) is 1. The van der Waals surface area contributed by atoms with Crippen molar-refractivity contribution in [2.24, 2.45) is 5.92 Å². The van der Waals surface area contributed by atoms with Gasteiger partial charge in [0.25, 0.3) is 0 Å². The van der Waals surface area contributed by atoms with Crippen molar-refractivity contribution in [1.82, 2.24) is 4.31 Å². The summed E-state index contributed by atoms with van der Waals surface area (Å²) in [6.45, 7) is 2.99. The van der Waals surface area contributed by atoms with Gasteiger partial charge in [-0.15, -0.1) is 0 Å². The van der Waals surface area contributed by atoms with Crippen LogP contribution in [0.3, 0.4) is 0 Å². The molecule has 2 saturated heterocycles. The Morgan fingerprint density at radius 1 is 1.09 bits per heavy atom. The summed E-state index contributed by atoms with van der Waals surface area (Å²) in [6.07, 6.45) is 2.54. The third-order valence-electron chi connectivity index (χ3n) is 6.03. The number of hydrogen-bond donors (Lipinski definition) is 1. The predicted octanol–water partition coefficient (Wildman–Crippen LogP) is 3.30. The Labute approximate surface area is 187 Å². The summed E-state index contributed by atoms with van der Waals surface area (Å²) in [5.74, 6) is -1.13. The molecule has 32 heavy (non-hydrogen) atoms. The third kappa shape index (κ3) is 4.54. The monoisotopic (exact) mass is 459 g/mol. The SMILES string of the molecule is Cc1cc(NC(=O)C2CCCN(S(=O)(=O)c3ccc(F)cc3)C2)ccc1N1CCCC1=O. The highest BCUT2D eigenvalue weighted by Gasteiger charge is 2.33. The minimum Gasteiger partial charge on any atom is -0.326 e. The van der Waals surface area contributed by atoms with Crippen LogP contribution in [0.5, 0.6) is 0 Å². The lowest BCUT2D eigenvalue weighted by molar-refractivity contribution is -0.121. The fraction of sp³-hybridized carbons (Fsp3) is 0.391. The number of rotatable bonds is 5. The molecule has 1 atom stereocenters. The molecular formula is C23H26FN3O4S. The lowest BCUT2D eigenvalue weighted by Gasteiger charge is -2.31. The molecule has 0 aliphatic carbocycles. The summed E-state index contributed by atoms with van der Waals surface area (Å²) in [5.41, 5.74) is 2.35. The van der Waals surface area contributed by atoms with Gasteiger partial charge < -0.3 is 10.2 Å². The quantitative estimate of drug-likeness (QED) is 0.743. The van der Waals surface area contributed by atoms with Crippen LogP contribution in [-0.4, -0.2) is 44.2 Å². The number of anilines is 2. The van der Waals surface area contributed by atoms with Gasteiger partial charge in [-0.25, -0.2) is 12.8 Å². The maximum absolute atomic E-state index is 13.2. The molecule has 4 rings (SSSR count). The summed E-state index contributed by atoms with van der Waals surface area (Å²) >= 11 is 0. The average Bonchev–Trinajstić information content (AvgIpc) is 3.20. The molecule has 0 saturated carbocycles. The van der Waals surface area contributed by atoms with Gasteiger partial charge >= 0.3 is 0 Å². The Bertz CT molecular complexity index is 1130. The maximum atomic E-state index is 13.2. The van der Waals surface area contributed by atoms with E-state index < -0.39 is 21.8 Å². The lowest BCUT2D eigenvalue weighted by Crippen LogP contribution is -2.43. The predicted molar refractivity (Wildman–Crippen MR) is 119 cm³/mol. The second-order valence-corrected chi connectivity index (χ2v) is 10.2. The topological polar surface area (TPSA) is 86.8 Å². The van der Waals surface area contributed by atoms with Gasteiger partial charge in [0.15, 0.2) is 0 Å². The zero-order valence-electron chi connectivity index (χ0n) is 17.9. The van der Waals surface area contributed by atoms with Crippen molar-refractivity contribution in [3.8, 4) is 0 Å². The summed E-state index contributed by atoms with van der Waals surface area (Å²) < 4.78 is 40.3. The molecule has 2 aromatic carbocycles. The molecular weight excluding hydrogens is 433 g/mol. The Balaban J connectivity index is 1.44. The van der Waals surface area contributed by atoms with Gasteiger partial charge in [0, 0.05) is 37.4 Å². The first-order chi connectivity index (χ1) is 15.3. The first-order valence-electron chi connectivity index (χ1n) is 10.7. The Kier molecular flexibility index (Phi) is 6.30. The number of hydrogen-bond acceptors (Lipinski definition) is 4. The first kappa shape index (κ1) is 22.4. The van der Waals surface area contributed by atoms with E-state index in [4.69, 9.17) is 0 Å². The summed E-state index contributed by atoms with van der Waals surface area (Å²) in [5, 5.41) is 2.89. The van der Waals surface area contributed by atoms with Gasteiger partial charge in [0.2, 0.25) is 21.8 Å². The molecule has 1 N–H and O–H groups in total. The van der Waals surface area contributed by atoms with E-state index in [1.807, 2.05) is 19.1 Å². The van der Waals surface area contributed by atoms with Gasteiger partial charge in [-0.1, -0.05) is 0 Å². The zero-order valence-corrected chi connectivity index (χ0v) is 18.7. The van der Waals surface area contributed by atoms with Crippen molar-refractivity contribution in [1.29, 1.82) is 0 Å². The molecule has 9 heteroatoms. The second-order valence-electron chi connectivity index (χ2n) is 8.30. The van der Waals surface area contributed by atoms with E-state index in [1.54, 1.807) is 11.0 Å². The smallest absolute Gasteiger partial charge is 0.243 e. The van der Waals surface area contributed by atoms with E-state index in [1.165, 1.54) is 16.4 Å². The van der Waals surface area contributed by atoms with Gasteiger partial charge in [0.1, 0.15) is 5.82 Å². The number of halogens is 1. The van der Waals surface area contributed by atoms with Crippen LogP contribution in [0.1, 0.15) is 31.2 Å². The maximum Gasteiger partial charge on any atom is 0.243 e. The van der Waals surface area contributed by atoms with E-state index in [0.29, 0.717) is 38.0 Å². The summed E-state index contributed by atoms with van der Waals surface area (Å²) in [4.78, 5) is 26.7. The zero-order chi connectivity index (χ0) is 22.9. The van der Waals surface area contributed by atoms with Crippen molar-refractivity contribution >= 4 is 33.2 Å². The normalized spacial score (nSPS) is 19.9. The summed E-state index contributed by atoms with van der Waals surface area (Å²) in [6, 6.07) is 10.1. The van der Waals surface area contributed by atoms with Crippen LogP contribution in [0.25, 0.3) is 0 Å². The van der Waals surface area contributed by atoms with Crippen LogP contribution in [0.15, 0.2) is 47.4 Å². The van der Waals surface area contributed by atoms with Crippen molar-refractivity contribution in [3.05, 3.63) is 53.8 Å². The van der Waals surface area contributed by atoms with E-state index in [-0.39, 0.29) is 23.3 Å². The molecule has 0 bridgehead atoms. The Morgan fingerprint density at radius 3 is 2.50 bits per heavy atom. The van der Waals surface area contributed by atoms with Crippen LogP contribution >= 0.6 is 0 Å². The molecule has 2 heterocycles. The molecule has 2 aliphatic rings. The van der Waals surface area contributed by atoms with Crippen molar-refractivity contribution in [2.75, 3.05) is 29.9 Å². The Morgan fingerprint density at radius 2 is 1.84 bits per heavy atom. The van der Waals surface area contributed by atoms with Gasteiger partial charge in [-0.3, -0.25) is 9.59 Å². The van der Waals surface area contributed by atoms with Crippen molar-refractivity contribution in [3.63, 3.8) is 0 Å². The fourth-order valence-corrected chi connectivity index (χ4v) is 5.84. The average molecular weight is 460 g/mol. The molecule has 2 aromatic rings. The molecule has 170 valence electrons.